The van der Waals surface area contributed by atoms with E-state index in [1.807, 2.05) is 19.9 Å². The molecule has 1 aromatic rings. The lowest BCUT2D eigenvalue weighted by Crippen LogP contribution is -2.06. The zero-order valence-electron chi connectivity index (χ0n) is 10.2. The highest BCUT2D eigenvalue weighted by atomic mass is 35.5. The number of carbonyl (C=O) groups is 1. The highest BCUT2D eigenvalue weighted by Gasteiger charge is 2.14. The van der Waals surface area contributed by atoms with Crippen molar-refractivity contribution in [3.63, 3.8) is 0 Å². The number of halogens is 1. The first-order chi connectivity index (χ1) is 8.53. The van der Waals surface area contributed by atoms with Gasteiger partial charge in [0.05, 0.1) is 27.9 Å². The van der Waals surface area contributed by atoms with Crippen LogP contribution in [0.15, 0.2) is 16.5 Å². The van der Waals surface area contributed by atoms with Gasteiger partial charge in [0.15, 0.2) is 0 Å². The molecule has 0 radical (unpaired) electrons. The lowest BCUT2D eigenvalue weighted by Gasteiger charge is -2.06. The quantitative estimate of drug-likeness (QED) is 0.866. The molecule has 0 unspecified atom stereocenters. The van der Waals surface area contributed by atoms with Crippen LogP contribution in [0.25, 0.3) is 0 Å². The molecule has 0 aliphatic carbocycles. The topological polar surface area (TPSA) is 79.2 Å². The van der Waals surface area contributed by atoms with Crippen molar-refractivity contribution in [1.29, 1.82) is 5.26 Å². The zero-order valence-corrected chi connectivity index (χ0v) is 11.8. The first-order valence-corrected chi connectivity index (χ1v) is 7.36. The maximum absolute atomic E-state index is 12.0. The number of benzene rings is 1. The number of anilines is 1. The Kier molecular flexibility index (Phi) is 5.32. The van der Waals surface area contributed by atoms with Crippen LogP contribution < -0.4 is 5.73 Å². The van der Waals surface area contributed by atoms with E-state index in [1.165, 1.54) is 12.1 Å². The van der Waals surface area contributed by atoms with E-state index in [0.717, 1.165) is 11.5 Å². The summed E-state index contributed by atoms with van der Waals surface area (Å²) in [5.74, 6) is 1.22. The Morgan fingerprint density at radius 3 is 2.61 bits per heavy atom. The molecule has 0 saturated heterocycles. The van der Waals surface area contributed by atoms with Gasteiger partial charge in [0.2, 0.25) is 0 Å². The van der Waals surface area contributed by atoms with Crippen molar-refractivity contribution in [2.45, 2.75) is 13.8 Å². The molecule has 0 atom stereocenters. The average Bonchev–Trinajstić information content (AvgIpc) is 2.38. The van der Waals surface area contributed by atoms with Crippen LogP contribution in [-0.4, -0.2) is 17.4 Å². The Morgan fingerprint density at radius 1 is 1.50 bits per heavy atom. The number of hydrogen-bond acceptors (Lipinski definition) is 3. The zero-order chi connectivity index (χ0) is 13.7. The summed E-state index contributed by atoms with van der Waals surface area (Å²) >= 11 is 5.88. The minimum Gasteiger partial charge on any atom is -0.397 e. The number of amides is 1. The van der Waals surface area contributed by atoms with E-state index in [2.05, 4.69) is 4.36 Å². The summed E-state index contributed by atoms with van der Waals surface area (Å²) in [6, 6.07) is 4.81. The number of rotatable bonds is 3. The molecule has 0 saturated carbocycles. The predicted octanol–water partition coefficient (Wildman–Crippen LogP) is 2.78. The number of nitrogen functional groups attached to an aromatic ring is 1. The van der Waals surface area contributed by atoms with E-state index >= 15 is 0 Å². The lowest BCUT2D eigenvalue weighted by molar-refractivity contribution is 0.101. The van der Waals surface area contributed by atoms with Gasteiger partial charge in [-0.3, -0.25) is 4.79 Å². The summed E-state index contributed by atoms with van der Waals surface area (Å²) in [6.07, 6.45) is 0. The Morgan fingerprint density at radius 2 is 2.11 bits per heavy atom. The number of hydrogen-bond donors (Lipinski definition) is 1. The average molecular weight is 284 g/mol. The third-order valence-corrected chi connectivity index (χ3v) is 4.44. The van der Waals surface area contributed by atoms with Gasteiger partial charge in [-0.25, -0.2) is 0 Å². The molecule has 0 aliphatic heterocycles. The van der Waals surface area contributed by atoms with Crippen molar-refractivity contribution < 1.29 is 4.79 Å². The summed E-state index contributed by atoms with van der Waals surface area (Å²) in [5, 5.41) is 9.05. The molecule has 0 fully saturated rings. The molecular formula is C12H14ClN3OS. The number of nitrogens with zero attached hydrogens (tertiary/aromatic N) is 2. The molecule has 1 rings (SSSR count). The van der Waals surface area contributed by atoms with Crippen LogP contribution in [0.2, 0.25) is 5.02 Å². The second-order valence-electron chi connectivity index (χ2n) is 3.47. The molecular weight excluding hydrogens is 270 g/mol. The summed E-state index contributed by atoms with van der Waals surface area (Å²) in [6.45, 7) is 3.96. The second-order valence-corrected chi connectivity index (χ2v) is 6.14. The van der Waals surface area contributed by atoms with Crippen LogP contribution in [0.1, 0.15) is 29.8 Å². The normalized spacial score (nSPS) is 10.2. The van der Waals surface area contributed by atoms with Crippen LogP contribution in [0.4, 0.5) is 5.69 Å². The molecule has 0 aromatic heterocycles. The number of nitrogens with two attached hydrogens (primary N) is 1. The van der Waals surface area contributed by atoms with Gasteiger partial charge in [-0.1, -0.05) is 36.1 Å². The van der Waals surface area contributed by atoms with Crippen LogP contribution in [-0.2, 0) is 10.7 Å². The fraction of sp³-hybridized carbons (Fsp3) is 0.333. The summed E-state index contributed by atoms with van der Waals surface area (Å²) < 4.78 is 4.10. The van der Waals surface area contributed by atoms with Gasteiger partial charge < -0.3 is 5.73 Å². The Balaban J connectivity index is 3.25. The summed E-state index contributed by atoms with van der Waals surface area (Å²) in [5.41, 5.74) is 6.44. The minimum atomic E-state index is -0.404. The van der Waals surface area contributed by atoms with Gasteiger partial charge in [0.1, 0.15) is 0 Å². The van der Waals surface area contributed by atoms with Crippen molar-refractivity contribution in [2.75, 3.05) is 17.2 Å². The Bertz CT molecular complexity index is 543. The largest absolute Gasteiger partial charge is 0.397 e. The molecule has 6 heteroatoms. The molecule has 1 amide bonds. The van der Waals surface area contributed by atoms with Gasteiger partial charge in [-0.2, -0.15) is 9.62 Å². The van der Waals surface area contributed by atoms with Gasteiger partial charge in [0, 0.05) is 11.5 Å². The summed E-state index contributed by atoms with van der Waals surface area (Å²) in [4.78, 5) is 12.0. The molecule has 18 heavy (non-hydrogen) atoms. The third-order valence-electron chi connectivity index (χ3n) is 2.37. The Labute approximate surface area is 114 Å². The van der Waals surface area contributed by atoms with Crippen LogP contribution in [0.3, 0.4) is 0 Å². The maximum atomic E-state index is 12.0. The standard InChI is InChI=1S/C12H14ClN3OS/c1-3-18(4-2)16-12(17)9-5-8(7-14)6-10(13)11(9)15/h5-6H,3-4,15H2,1-2H3. The van der Waals surface area contributed by atoms with E-state index in [1.54, 1.807) is 0 Å². The fourth-order valence-corrected chi connectivity index (χ4v) is 2.58. The molecule has 0 aliphatic rings. The van der Waals surface area contributed by atoms with Crippen molar-refractivity contribution in [3.8, 4) is 6.07 Å². The van der Waals surface area contributed by atoms with Gasteiger partial charge in [0.25, 0.3) is 5.91 Å². The smallest absolute Gasteiger partial charge is 0.285 e. The van der Waals surface area contributed by atoms with Crippen molar-refractivity contribution in [3.05, 3.63) is 28.3 Å². The van der Waals surface area contributed by atoms with Crippen LogP contribution in [0.5, 0.6) is 0 Å². The van der Waals surface area contributed by atoms with E-state index in [-0.39, 0.29) is 27.0 Å². The first-order valence-electron chi connectivity index (χ1n) is 5.46. The van der Waals surface area contributed by atoms with Gasteiger partial charge in [-0.15, -0.1) is 0 Å². The monoisotopic (exact) mass is 283 g/mol. The molecule has 2 N–H and O–H groups in total. The van der Waals surface area contributed by atoms with E-state index in [4.69, 9.17) is 22.6 Å². The van der Waals surface area contributed by atoms with Gasteiger partial charge in [-0.05, 0) is 12.1 Å². The molecule has 96 valence electrons. The van der Waals surface area contributed by atoms with Crippen LogP contribution >= 0.6 is 11.6 Å². The predicted molar refractivity (Wildman–Crippen MR) is 75.8 cm³/mol. The summed E-state index contributed by atoms with van der Waals surface area (Å²) in [7, 11) is -0.299. The maximum Gasteiger partial charge on any atom is 0.285 e. The second kappa shape index (κ2) is 6.53. The SMILES string of the molecule is CCS(CC)=NC(=O)c1cc(C#N)cc(Cl)c1N. The van der Waals surface area contributed by atoms with Crippen molar-refractivity contribution in [2.24, 2.45) is 4.36 Å². The highest BCUT2D eigenvalue weighted by Crippen LogP contribution is 2.25. The molecule has 4 nitrogen and oxygen atoms in total. The molecule has 0 heterocycles. The van der Waals surface area contributed by atoms with E-state index < -0.39 is 5.91 Å². The fourth-order valence-electron chi connectivity index (χ4n) is 1.36. The molecule has 1 aromatic carbocycles. The van der Waals surface area contributed by atoms with Crippen molar-refractivity contribution >= 4 is 33.9 Å². The Hall–Kier alpha value is -1.38. The van der Waals surface area contributed by atoms with Crippen molar-refractivity contribution in [1.82, 2.24) is 0 Å². The first kappa shape index (κ1) is 14.7. The molecule has 0 spiro atoms. The lowest BCUT2D eigenvalue weighted by atomic mass is 10.1. The molecule has 0 bridgehead atoms. The van der Waals surface area contributed by atoms with E-state index in [9.17, 15) is 4.79 Å². The number of carbonyl (C=O) groups excluding carboxylic acids is 1. The van der Waals surface area contributed by atoms with Crippen LogP contribution in [0, 0.1) is 11.3 Å². The van der Waals surface area contributed by atoms with Gasteiger partial charge >= 0.3 is 0 Å². The highest BCUT2D eigenvalue weighted by molar-refractivity contribution is 7.87. The minimum absolute atomic E-state index is 0.181. The van der Waals surface area contributed by atoms with E-state index in [0.29, 0.717) is 5.56 Å². The number of nitriles is 1. The third kappa shape index (κ3) is 3.31.